The van der Waals surface area contributed by atoms with Crippen LogP contribution >= 0.6 is 0 Å². The Morgan fingerprint density at radius 1 is 0.475 bits per heavy atom. The van der Waals surface area contributed by atoms with Crippen LogP contribution < -0.4 is 0 Å². The summed E-state index contributed by atoms with van der Waals surface area (Å²) in [7, 11) is 0. The van der Waals surface area contributed by atoms with Gasteiger partial charge in [-0.2, -0.15) is 0 Å². The highest BCUT2D eigenvalue weighted by Crippen LogP contribution is 2.16. The molecule has 0 radical (unpaired) electrons. The predicted molar refractivity (Wildman–Crippen MR) is 169 cm³/mol. The molecule has 238 valence electrons. The molecule has 0 amide bonds. The number of esters is 2. The SMILES string of the molecule is CCCCCCCCCCCCCCCCCCCCCCCCCC(=O)OC(CO)COC(=O)CCCCC. The lowest BCUT2D eigenvalue weighted by molar-refractivity contribution is -0.161. The van der Waals surface area contributed by atoms with Crippen LogP contribution in [-0.4, -0.2) is 36.4 Å². The Bertz CT molecular complexity index is 536. The molecule has 0 saturated carbocycles. The molecule has 0 saturated heterocycles. The zero-order chi connectivity index (χ0) is 29.4. The van der Waals surface area contributed by atoms with E-state index in [1.807, 2.05) is 0 Å². The van der Waals surface area contributed by atoms with E-state index in [1.165, 1.54) is 128 Å². The lowest BCUT2D eigenvalue weighted by atomic mass is 10.0. The highest BCUT2D eigenvalue weighted by atomic mass is 16.6. The van der Waals surface area contributed by atoms with Crippen molar-refractivity contribution in [1.82, 2.24) is 0 Å². The Kier molecular flexibility index (Phi) is 31.5. The van der Waals surface area contributed by atoms with Gasteiger partial charge in [0.25, 0.3) is 0 Å². The number of aliphatic hydroxyl groups excluding tert-OH is 1. The second-order valence-electron chi connectivity index (χ2n) is 12.0. The molecule has 0 bridgehead atoms. The van der Waals surface area contributed by atoms with E-state index in [0.717, 1.165) is 38.5 Å². The van der Waals surface area contributed by atoms with Crippen molar-refractivity contribution in [3.8, 4) is 0 Å². The molecule has 0 spiro atoms. The summed E-state index contributed by atoms with van der Waals surface area (Å²) in [6, 6.07) is 0. The van der Waals surface area contributed by atoms with Gasteiger partial charge in [-0.3, -0.25) is 9.59 Å². The fraction of sp³-hybridized carbons (Fsp3) is 0.943. The second-order valence-corrected chi connectivity index (χ2v) is 12.0. The molecule has 40 heavy (non-hydrogen) atoms. The monoisotopic (exact) mass is 569 g/mol. The maximum atomic E-state index is 12.0. The van der Waals surface area contributed by atoms with E-state index in [9.17, 15) is 14.7 Å². The van der Waals surface area contributed by atoms with E-state index in [4.69, 9.17) is 9.47 Å². The van der Waals surface area contributed by atoms with Crippen LogP contribution in [0, 0.1) is 0 Å². The molecule has 0 rings (SSSR count). The standard InChI is InChI=1S/C35H68O5/c1-3-5-7-8-9-10-11-12-13-14-15-16-17-18-19-20-21-22-23-24-25-26-28-30-35(38)40-33(31-36)32-39-34(37)29-27-6-4-2/h33,36H,3-32H2,1-2H3. The molecule has 5 heteroatoms. The van der Waals surface area contributed by atoms with Gasteiger partial charge in [0.15, 0.2) is 6.10 Å². The van der Waals surface area contributed by atoms with E-state index < -0.39 is 6.10 Å². The summed E-state index contributed by atoms with van der Waals surface area (Å²) < 4.78 is 10.4. The molecule has 0 aromatic rings. The molecule has 0 aliphatic heterocycles. The maximum Gasteiger partial charge on any atom is 0.306 e. The first-order valence-corrected chi connectivity index (χ1v) is 17.6. The van der Waals surface area contributed by atoms with E-state index in [2.05, 4.69) is 13.8 Å². The highest BCUT2D eigenvalue weighted by Gasteiger charge is 2.16. The van der Waals surface area contributed by atoms with Gasteiger partial charge in [-0.05, 0) is 12.8 Å². The minimum Gasteiger partial charge on any atom is -0.462 e. The summed E-state index contributed by atoms with van der Waals surface area (Å²) in [5.41, 5.74) is 0. The number of hydrogen-bond acceptors (Lipinski definition) is 5. The minimum atomic E-state index is -0.757. The van der Waals surface area contributed by atoms with Crippen molar-refractivity contribution in [1.29, 1.82) is 0 Å². The van der Waals surface area contributed by atoms with Crippen molar-refractivity contribution in [2.24, 2.45) is 0 Å². The van der Waals surface area contributed by atoms with Crippen molar-refractivity contribution < 1.29 is 24.2 Å². The number of ether oxygens (including phenoxy) is 2. The molecule has 0 aliphatic rings. The molecule has 0 fully saturated rings. The maximum absolute atomic E-state index is 12.0. The van der Waals surface area contributed by atoms with Crippen LogP contribution in [0.25, 0.3) is 0 Å². The first-order valence-electron chi connectivity index (χ1n) is 17.6. The number of rotatable bonds is 32. The minimum absolute atomic E-state index is 0.0629. The quantitative estimate of drug-likeness (QED) is 0.0645. The summed E-state index contributed by atoms with van der Waals surface area (Å²) in [5.74, 6) is -0.609. The molecule has 0 aromatic carbocycles. The van der Waals surface area contributed by atoms with Crippen LogP contribution in [0.1, 0.15) is 194 Å². The van der Waals surface area contributed by atoms with Crippen molar-refractivity contribution in [2.45, 2.75) is 200 Å². The molecule has 5 nitrogen and oxygen atoms in total. The Morgan fingerprint density at radius 3 is 1.15 bits per heavy atom. The Labute approximate surface area is 248 Å². The molecule has 1 N–H and O–H groups in total. The zero-order valence-electron chi connectivity index (χ0n) is 26.9. The summed E-state index contributed by atoms with van der Waals surface area (Å²) >= 11 is 0. The molecule has 0 aliphatic carbocycles. The molecule has 1 unspecified atom stereocenters. The normalized spacial score (nSPS) is 12.0. The van der Waals surface area contributed by atoms with E-state index in [0.29, 0.717) is 12.8 Å². The summed E-state index contributed by atoms with van der Waals surface area (Å²) in [6.07, 6.45) is 33.9. The molecular formula is C35H68O5. The van der Waals surface area contributed by atoms with Crippen LogP contribution in [-0.2, 0) is 19.1 Å². The summed E-state index contributed by atoms with van der Waals surface area (Å²) in [5, 5.41) is 9.39. The van der Waals surface area contributed by atoms with Gasteiger partial charge in [-0.25, -0.2) is 0 Å². The van der Waals surface area contributed by atoms with Gasteiger partial charge >= 0.3 is 11.9 Å². The summed E-state index contributed by atoms with van der Waals surface area (Å²) in [4.78, 5) is 23.7. The lowest BCUT2D eigenvalue weighted by Crippen LogP contribution is -2.28. The second kappa shape index (κ2) is 32.4. The van der Waals surface area contributed by atoms with Crippen molar-refractivity contribution >= 4 is 11.9 Å². The summed E-state index contributed by atoms with van der Waals surface area (Å²) in [6.45, 7) is 3.98. The largest absolute Gasteiger partial charge is 0.462 e. The van der Waals surface area contributed by atoms with Gasteiger partial charge in [0.1, 0.15) is 6.61 Å². The number of hydrogen-bond donors (Lipinski definition) is 1. The lowest BCUT2D eigenvalue weighted by Gasteiger charge is -2.15. The molecule has 1 atom stereocenters. The van der Waals surface area contributed by atoms with Gasteiger partial charge in [0, 0.05) is 12.8 Å². The van der Waals surface area contributed by atoms with E-state index >= 15 is 0 Å². The van der Waals surface area contributed by atoms with Gasteiger partial charge in [0.05, 0.1) is 6.61 Å². The zero-order valence-corrected chi connectivity index (χ0v) is 26.9. The first-order chi connectivity index (χ1) is 19.6. The number of carbonyl (C=O) groups excluding carboxylic acids is 2. The fourth-order valence-electron chi connectivity index (χ4n) is 5.20. The number of aliphatic hydroxyl groups is 1. The third-order valence-electron chi connectivity index (χ3n) is 7.90. The van der Waals surface area contributed by atoms with Gasteiger partial charge in [0.2, 0.25) is 0 Å². The van der Waals surface area contributed by atoms with Crippen LogP contribution in [0.3, 0.4) is 0 Å². The molecule has 0 heterocycles. The highest BCUT2D eigenvalue weighted by molar-refractivity contribution is 5.70. The van der Waals surface area contributed by atoms with E-state index in [-0.39, 0.29) is 25.2 Å². The van der Waals surface area contributed by atoms with Gasteiger partial charge in [-0.1, -0.05) is 168 Å². The van der Waals surface area contributed by atoms with Crippen LogP contribution in [0.15, 0.2) is 0 Å². The van der Waals surface area contributed by atoms with Crippen molar-refractivity contribution in [3.63, 3.8) is 0 Å². The van der Waals surface area contributed by atoms with Gasteiger partial charge < -0.3 is 14.6 Å². The molecular weight excluding hydrogens is 500 g/mol. The number of carbonyl (C=O) groups is 2. The smallest absolute Gasteiger partial charge is 0.306 e. The van der Waals surface area contributed by atoms with Crippen LogP contribution in [0.2, 0.25) is 0 Å². The Balaban J connectivity index is 3.34. The first kappa shape index (κ1) is 38.9. The average Bonchev–Trinajstić information content (AvgIpc) is 2.95. The average molecular weight is 569 g/mol. The fourth-order valence-corrected chi connectivity index (χ4v) is 5.20. The number of unbranched alkanes of at least 4 members (excludes halogenated alkanes) is 24. The van der Waals surface area contributed by atoms with Gasteiger partial charge in [-0.15, -0.1) is 0 Å². The van der Waals surface area contributed by atoms with E-state index in [1.54, 1.807) is 0 Å². The predicted octanol–water partition coefficient (Wildman–Crippen LogP) is 10.4. The third-order valence-corrected chi connectivity index (χ3v) is 7.90. The van der Waals surface area contributed by atoms with Crippen molar-refractivity contribution in [3.05, 3.63) is 0 Å². The topological polar surface area (TPSA) is 72.8 Å². The third kappa shape index (κ3) is 29.9. The Morgan fingerprint density at radius 2 is 0.775 bits per heavy atom. The van der Waals surface area contributed by atoms with Crippen molar-refractivity contribution in [2.75, 3.05) is 13.2 Å². The molecule has 0 aromatic heterocycles. The van der Waals surface area contributed by atoms with Crippen LogP contribution in [0.4, 0.5) is 0 Å². The Hall–Kier alpha value is -1.10. The van der Waals surface area contributed by atoms with Crippen LogP contribution in [0.5, 0.6) is 0 Å².